The molecule has 0 aliphatic rings. The number of rotatable bonds is 3. The van der Waals surface area contributed by atoms with Crippen LogP contribution in [0, 0.1) is 0 Å². The molecular weight excluding hydrogens is 232 g/mol. The minimum atomic E-state index is -0.153. The van der Waals surface area contributed by atoms with Crippen molar-refractivity contribution in [2.75, 3.05) is 7.11 Å². The average Bonchev–Trinajstić information content (AvgIpc) is 2.16. The van der Waals surface area contributed by atoms with Crippen LogP contribution in [0.4, 0.5) is 0 Å². The van der Waals surface area contributed by atoms with Gasteiger partial charge in [-0.3, -0.25) is 4.79 Å². The van der Waals surface area contributed by atoms with Crippen molar-refractivity contribution in [3.63, 3.8) is 0 Å². The van der Waals surface area contributed by atoms with Gasteiger partial charge in [0.1, 0.15) is 5.75 Å². The Morgan fingerprint density at radius 1 is 1.54 bits per heavy atom. The maximum atomic E-state index is 11.5. The number of hydrogen-bond donors (Lipinski definition) is 0. The van der Waals surface area contributed by atoms with Gasteiger partial charge in [0.15, 0.2) is 5.78 Å². The third kappa shape index (κ3) is 2.56. The molecule has 70 valence electrons. The maximum absolute atomic E-state index is 11.5. The number of Topliss-reactive ketones (excluding diaryl/α,β-unsaturated/α-hetero) is 1. The monoisotopic (exact) mass is 242 g/mol. The van der Waals surface area contributed by atoms with Crippen molar-refractivity contribution < 1.29 is 9.53 Å². The number of carbonyl (C=O) groups excluding carboxylic acids is 1. The lowest BCUT2D eigenvalue weighted by atomic mass is 10.1. The summed E-state index contributed by atoms with van der Waals surface area (Å²) in [5.74, 6) is 0.776. The summed E-state index contributed by atoms with van der Waals surface area (Å²) in [6.07, 6.45) is 0. The Hall–Kier alpha value is -0.830. The van der Waals surface area contributed by atoms with E-state index < -0.39 is 0 Å². The lowest BCUT2D eigenvalue weighted by Gasteiger charge is -2.04. The van der Waals surface area contributed by atoms with E-state index in [0.717, 1.165) is 0 Å². The molecule has 0 amide bonds. The molecule has 0 aliphatic carbocycles. The fourth-order valence-corrected chi connectivity index (χ4v) is 1.27. The Balaban J connectivity index is 2.95. The lowest BCUT2D eigenvalue weighted by molar-refractivity contribution is 0.0995. The van der Waals surface area contributed by atoms with Crippen LogP contribution < -0.4 is 4.74 Å². The van der Waals surface area contributed by atoms with Gasteiger partial charge in [-0.1, -0.05) is 28.1 Å². The Labute approximate surface area is 86.0 Å². The zero-order valence-corrected chi connectivity index (χ0v) is 9.17. The Morgan fingerprint density at radius 3 is 2.77 bits per heavy atom. The van der Waals surface area contributed by atoms with E-state index in [9.17, 15) is 4.79 Å². The topological polar surface area (TPSA) is 26.3 Å². The minimum absolute atomic E-state index is 0.0684. The van der Waals surface area contributed by atoms with E-state index in [2.05, 4.69) is 15.9 Å². The summed E-state index contributed by atoms with van der Waals surface area (Å²) in [6, 6.07) is 7.14. The van der Waals surface area contributed by atoms with Crippen LogP contribution in [0.1, 0.15) is 17.3 Å². The molecule has 13 heavy (non-hydrogen) atoms. The van der Waals surface area contributed by atoms with Crippen LogP contribution >= 0.6 is 15.9 Å². The van der Waals surface area contributed by atoms with Crippen molar-refractivity contribution in [2.24, 2.45) is 0 Å². The molecule has 1 atom stereocenters. The summed E-state index contributed by atoms with van der Waals surface area (Å²) in [5.41, 5.74) is 0.670. The van der Waals surface area contributed by atoms with Crippen LogP contribution in [-0.4, -0.2) is 17.7 Å². The number of alkyl halides is 1. The van der Waals surface area contributed by atoms with Crippen LogP contribution in [0.5, 0.6) is 5.75 Å². The third-order valence-electron chi connectivity index (χ3n) is 1.72. The highest BCUT2D eigenvalue weighted by Crippen LogP contribution is 2.16. The summed E-state index contributed by atoms with van der Waals surface area (Å²) < 4.78 is 5.02. The fourth-order valence-electron chi connectivity index (χ4n) is 1.01. The summed E-state index contributed by atoms with van der Waals surface area (Å²) in [5, 5.41) is 0. The standard InChI is InChI=1S/C10H11BrO2/c1-7(11)10(12)8-4-3-5-9(6-8)13-2/h3-7H,1-2H3. The molecular formula is C10H11BrO2. The van der Waals surface area contributed by atoms with E-state index in [-0.39, 0.29) is 10.6 Å². The molecule has 0 bridgehead atoms. The number of carbonyl (C=O) groups is 1. The van der Waals surface area contributed by atoms with Gasteiger partial charge >= 0.3 is 0 Å². The predicted octanol–water partition coefficient (Wildman–Crippen LogP) is 2.66. The van der Waals surface area contributed by atoms with E-state index in [1.807, 2.05) is 13.0 Å². The zero-order valence-electron chi connectivity index (χ0n) is 7.58. The summed E-state index contributed by atoms with van der Waals surface area (Å²) in [7, 11) is 1.58. The van der Waals surface area contributed by atoms with E-state index in [1.165, 1.54) is 0 Å². The Kier molecular flexibility index (Phi) is 3.48. The van der Waals surface area contributed by atoms with Crippen LogP contribution in [0.15, 0.2) is 24.3 Å². The van der Waals surface area contributed by atoms with Gasteiger partial charge < -0.3 is 4.74 Å². The normalized spacial score (nSPS) is 12.2. The van der Waals surface area contributed by atoms with Crippen LogP contribution in [-0.2, 0) is 0 Å². The highest BCUT2D eigenvalue weighted by atomic mass is 79.9. The number of benzene rings is 1. The molecule has 1 aromatic carbocycles. The first-order chi connectivity index (χ1) is 6.15. The number of ketones is 1. The average molecular weight is 243 g/mol. The molecule has 0 spiro atoms. The molecule has 0 aromatic heterocycles. The second kappa shape index (κ2) is 4.42. The van der Waals surface area contributed by atoms with Gasteiger partial charge in [0, 0.05) is 5.56 Å². The summed E-state index contributed by atoms with van der Waals surface area (Å²) >= 11 is 3.23. The molecule has 1 rings (SSSR count). The third-order valence-corrected chi connectivity index (χ3v) is 2.13. The van der Waals surface area contributed by atoms with Crippen LogP contribution in [0.2, 0.25) is 0 Å². The molecule has 1 unspecified atom stereocenters. The zero-order chi connectivity index (χ0) is 9.84. The highest BCUT2D eigenvalue weighted by molar-refractivity contribution is 9.10. The second-order valence-corrected chi connectivity index (χ2v) is 4.09. The molecule has 0 heterocycles. The van der Waals surface area contributed by atoms with Crippen molar-refractivity contribution >= 4 is 21.7 Å². The van der Waals surface area contributed by atoms with E-state index in [1.54, 1.807) is 25.3 Å². The number of ether oxygens (including phenoxy) is 1. The quantitative estimate of drug-likeness (QED) is 0.602. The number of hydrogen-bond acceptors (Lipinski definition) is 2. The molecule has 0 saturated carbocycles. The fraction of sp³-hybridized carbons (Fsp3) is 0.300. The minimum Gasteiger partial charge on any atom is -0.497 e. The second-order valence-electron chi connectivity index (χ2n) is 2.71. The smallest absolute Gasteiger partial charge is 0.176 e. The van der Waals surface area contributed by atoms with Gasteiger partial charge in [-0.15, -0.1) is 0 Å². The first kappa shape index (κ1) is 10.3. The van der Waals surface area contributed by atoms with Crippen molar-refractivity contribution in [1.29, 1.82) is 0 Å². The van der Waals surface area contributed by atoms with Crippen molar-refractivity contribution in [3.05, 3.63) is 29.8 Å². The highest BCUT2D eigenvalue weighted by Gasteiger charge is 2.11. The molecule has 1 aromatic rings. The van der Waals surface area contributed by atoms with Crippen LogP contribution in [0.3, 0.4) is 0 Å². The number of halogens is 1. The maximum Gasteiger partial charge on any atom is 0.176 e. The SMILES string of the molecule is COc1cccc(C(=O)C(C)Br)c1. The summed E-state index contributed by atoms with van der Waals surface area (Å²) in [4.78, 5) is 11.4. The molecule has 2 nitrogen and oxygen atoms in total. The molecule has 0 aliphatic heterocycles. The Bertz CT molecular complexity index is 308. The summed E-state index contributed by atoms with van der Waals surface area (Å²) in [6.45, 7) is 1.81. The van der Waals surface area contributed by atoms with Crippen molar-refractivity contribution in [2.45, 2.75) is 11.8 Å². The van der Waals surface area contributed by atoms with Gasteiger partial charge in [0.05, 0.1) is 11.9 Å². The van der Waals surface area contributed by atoms with Gasteiger partial charge in [-0.05, 0) is 19.1 Å². The molecule has 0 saturated heterocycles. The first-order valence-corrected chi connectivity index (χ1v) is 4.89. The van der Waals surface area contributed by atoms with Crippen molar-refractivity contribution in [3.8, 4) is 5.75 Å². The largest absolute Gasteiger partial charge is 0.497 e. The first-order valence-electron chi connectivity index (χ1n) is 3.97. The Morgan fingerprint density at radius 2 is 2.23 bits per heavy atom. The van der Waals surface area contributed by atoms with Crippen LogP contribution in [0.25, 0.3) is 0 Å². The molecule has 0 N–H and O–H groups in total. The molecule has 0 fully saturated rings. The lowest BCUT2D eigenvalue weighted by Crippen LogP contribution is -2.09. The molecule has 0 radical (unpaired) electrons. The van der Waals surface area contributed by atoms with E-state index >= 15 is 0 Å². The van der Waals surface area contributed by atoms with Crippen molar-refractivity contribution in [1.82, 2.24) is 0 Å². The van der Waals surface area contributed by atoms with Gasteiger partial charge in [-0.25, -0.2) is 0 Å². The number of methoxy groups -OCH3 is 1. The van der Waals surface area contributed by atoms with E-state index in [4.69, 9.17) is 4.74 Å². The van der Waals surface area contributed by atoms with E-state index in [0.29, 0.717) is 11.3 Å². The van der Waals surface area contributed by atoms with Gasteiger partial charge in [0.2, 0.25) is 0 Å². The molecule has 3 heteroatoms. The predicted molar refractivity (Wildman–Crippen MR) is 55.7 cm³/mol. The van der Waals surface area contributed by atoms with Gasteiger partial charge in [-0.2, -0.15) is 0 Å². The van der Waals surface area contributed by atoms with Gasteiger partial charge in [0.25, 0.3) is 0 Å².